The van der Waals surface area contributed by atoms with Crippen LogP contribution in [0.5, 0.6) is 0 Å². The Kier molecular flexibility index (Phi) is 3.30. The van der Waals surface area contributed by atoms with Crippen molar-refractivity contribution in [1.29, 1.82) is 0 Å². The number of nitrogens with zero attached hydrogens (tertiary/aromatic N) is 1. The molecule has 0 radical (unpaired) electrons. The maximum absolute atomic E-state index is 12.2. The molecule has 4 nitrogen and oxygen atoms in total. The number of hydrogen-bond acceptors (Lipinski definition) is 2. The van der Waals surface area contributed by atoms with Crippen LogP contribution in [0, 0.1) is 5.41 Å². The quantitative estimate of drug-likeness (QED) is 0.844. The molecule has 0 aromatic heterocycles. The fraction of sp³-hybridized carbons (Fsp3) is 0.385. The molecule has 1 heterocycles. The van der Waals surface area contributed by atoms with E-state index >= 15 is 0 Å². The highest BCUT2D eigenvalue weighted by Gasteiger charge is 2.47. The molecule has 1 fully saturated rings. The first-order chi connectivity index (χ1) is 8.45. The molecule has 96 valence electrons. The zero-order chi connectivity index (χ0) is 13.3. The van der Waals surface area contributed by atoms with Gasteiger partial charge in [0.25, 0.3) is 0 Å². The van der Waals surface area contributed by atoms with Crippen LogP contribution in [-0.2, 0) is 16.1 Å². The molecule has 2 rings (SSSR count). The van der Waals surface area contributed by atoms with E-state index in [1.807, 2.05) is 18.2 Å². The number of hydrogen-bond donors (Lipinski definition) is 1. The average Bonchev–Trinajstić information content (AvgIpc) is 2.62. The molecule has 1 aromatic rings. The zero-order valence-corrected chi connectivity index (χ0v) is 10.9. The van der Waals surface area contributed by atoms with Crippen LogP contribution >= 0.6 is 11.6 Å². The zero-order valence-electron chi connectivity index (χ0n) is 10.1. The summed E-state index contributed by atoms with van der Waals surface area (Å²) in [5, 5.41) is 0.623. The van der Waals surface area contributed by atoms with Crippen LogP contribution in [0.15, 0.2) is 24.3 Å². The maximum Gasteiger partial charge on any atom is 0.238 e. The van der Waals surface area contributed by atoms with Crippen LogP contribution in [-0.4, -0.2) is 23.3 Å². The van der Waals surface area contributed by atoms with E-state index in [0.717, 1.165) is 5.56 Å². The minimum absolute atomic E-state index is 0.213. The number of primary amides is 1. The van der Waals surface area contributed by atoms with Crippen molar-refractivity contribution in [3.8, 4) is 0 Å². The molecular weight excluding hydrogens is 252 g/mol. The van der Waals surface area contributed by atoms with Crippen LogP contribution < -0.4 is 5.73 Å². The fourth-order valence-electron chi connectivity index (χ4n) is 2.13. The molecule has 2 amide bonds. The fourth-order valence-corrected chi connectivity index (χ4v) is 2.32. The number of halogens is 1. The molecule has 1 aliphatic heterocycles. The lowest BCUT2D eigenvalue weighted by Gasteiger charge is -2.20. The molecule has 1 atom stereocenters. The Bertz CT molecular complexity index is 504. The molecule has 1 aromatic carbocycles. The van der Waals surface area contributed by atoms with E-state index in [1.165, 1.54) is 0 Å². The average molecular weight is 267 g/mol. The number of rotatable bonds is 3. The minimum atomic E-state index is -1.07. The van der Waals surface area contributed by atoms with E-state index < -0.39 is 11.3 Å². The standard InChI is InChI=1S/C13H15ClN2O2/c1-13(11(15)17)6-7-16(12(13)18)8-9-4-2-3-5-10(9)14/h2-5H,6-8H2,1H3,(H2,15,17). The SMILES string of the molecule is CC1(C(N)=O)CCN(Cc2ccccc2Cl)C1=O. The second-order valence-corrected chi connectivity index (χ2v) is 5.17. The van der Waals surface area contributed by atoms with Gasteiger partial charge in [-0.3, -0.25) is 9.59 Å². The lowest BCUT2D eigenvalue weighted by Crippen LogP contribution is -2.41. The van der Waals surface area contributed by atoms with Crippen LogP contribution in [0.3, 0.4) is 0 Å². The van der Waals surface area contributed by atoms with Gasteiger partial charge in [-0.15, -0.1) is 0 Å². The smallest absolute Gasteiger partial charge is 0.238 e. The summed E-state index contributed by atoms with van der Waals surface area (Å²) in [6.45, 7) is 2.55. The molecule has 1 aliphatic rings. The molecular formula is C13H15ClN2O2. The van der Waals surface area contributed by atoms with Gasteiger partial charge in [0.05, 0.1) is 0 Å². The van der Waals surface area contributed by atoms with Gasteiger partial charge in [0.15, 0.2) is 0 Å². The first-order valence-electron chi connectivity index (χ1n) is 5.78. The van der Waals surface area contributed by atoms with E-state index in [1.54, 1.807) is 17.9 Å². The summed E-state index contributed by atoms with van der Waals surface area (Å²) >= 11 is 6.05. The maximum atomic E-state index is 12.2. The van der Waals surface area contributed by atoms with Gasteiger partial charge >= 0.3 is 0 Å². The summed E-state index contributed by atoms with van der Waals surface area (Å²) in [4.78, 5) is 25.1. The Balaban J connectivity index is 2.16. The predicted octanol–water partition coefficient (Wildman–Crippen LogP) is 1.56. The number of amides is 2. The highest BCUT2D eigenvalue weighted by molar-refractivity contribution is 6.31. The molecule has 1 saturated heterocycles. The molecule has 0 spiro atoms. The van der Waals surface area contributed by atoms with Crippen molar-refractivity contribution in [2.75, 3.05) is 6.54 Å². The second-order valence-electron chi connectivity index (χ2n) is 4.76. The summed E-state index contributed by atoms with van der Waals surface area (Å²) < 4.78 is 0. The van der Waals surface area contributed by atoms with Gasteiger partial charge in [-0.1, -0.05) is 29.8 Å². The van der Waals surface area contributed by atoms with Crippen LogP contribution in [0.1, 0.15) is 18.9 Å². The third-order valence-corrected chi connectivity index (χ3v) is 3.87. The van der Waals surface area contributed by atoms with Gasteiger partial charge in [0, 0.05) is 18.1 Å². The van der Waals surface area contributed by atoms with E-state index in [-0.39, 0.29) is 5.91 Å². The first kappa shape index (κ1) is 12.9. The first-order valence-corrected chi connectivity index (χ1v) is 6.15. The van der Waals surface area contributed by atoms with Crippen LogP contribution in [0.4, 0.5) is 0 Å². The minimum Gasteiger partial charge on any atom is -0.369 e. The van der Waals surface area contributed by atoms with E-state index in [2.05, 4.69) is 0 Å². The van der Waals surface area contributed by atoms with E-state index in [0.29, 0.717) is 24.5 Å². The molecule has 0 bridgehead atoms. The van der Waals surface area contributed by atoms with Gasteiger partial charge < -0.3 is 10.6 Å². The summed E-state index contributed by atoms with van der Waals surface area (Å²) in [6.07, 6.45) is 0.464. The highest BCUT2D eigenvalue weighted by Crippen LogP contribution is 2.32. The Morgan fingerprint density at radius 1 is 1.50 bits per heavy atom. The Morgan fingerprint density at radius 3 is 2.72 bits per heavy atom. The van der Waals surface area contributed by atoms with Gasteiger partial charge in [0.2, 0.25) is 11.8 Å². The summed E-state index contributed by atoms with van der Waals surface area (Å²) in [5.41, 5.74) is 5.10. The Labute approximate surface area is 111 Å². The monoisotopic (exact) mass is 266 g/mol. The van der Waals surface area contributed by atoms with Gasteiger partial charge in [-0.05, 0) is 25.0 Å². The Hall–Kier alpha value is -1.55. The molecule has 2 N–H and O–H groups in total. The molecule has 18 heavy (non-hydrogen) atoms. The van der Waals surface area contributed by atoms with E-state index in [9.17, 15) is 9.59 Å². The summed E-state index contributed by atoms with van der Waals surface area (Å²) in [6, 6.07) is 7.36. The summed E-state index contributed by atoms with van der Waals surface area (Å²) in [5.74, 6) is -0.774. The topological polar surface area (TPSA) is 63.4 Å². The second kappa shape index (κ2) is 4.61. The van der Waals surface area contributed by atoms with Crippen molar-refractivity contribution in [2.45, 2.75) is 19.9 Å². The van der Waals surface area contributed by atoms with Crippen molar-refractivity contribution in [2.24, 2.45) is 11.1 Å². The number of likely N-dealkylation sites (tertiary alicyclic amines) is 1. The molecule has 0 aliphatic carbocycles. The van der Waals surface area contributed by atoms with Crippen molar-refractivity contribution >= 4 is 23.4 Å². The largest absolute Gasteiger partial charge is 0.369 e. The number of carbonyl (C=O) groups excluding carboxylic acids is 2. The highest BCUT2D eigenvalue weighted by atomic mass is 35.5. The molecule has 5 heteroatoms. The third kappa shape index (κ3) is 2.08. The van der Waals surface area contributed by atoms with Gasteiger partial charge in [-0.25, -0.2) is 0 Å². The van der Waals surface area contributed by atoms with Crippen molar-refractivity contribution in [3.05, 3.63) is 34.9 Å². The molecule has 0 saturated carbocycles. The van der Waals surface area contributed by atoms with Gasteiger partial charge in [0.1, 0.15) is 5.41 Å². The predicted molar refractivity (Wildman–Crippen MR) is 68.8 cm³/mol. The van der Waals surface area contributed by atoms with Crippen molar-refractivity contribution in [1.82, 2.24) is 4.90 Å². The number of nitrogens with two attached hydrogens (primary N) is 1. The summed E-state index contributed by atoms with van der Waals surface area (Å²) in [7, 11) is 0. The van der Waals surface area contributed by atoms with Gasteiger partial charge in [-0.2, -0.15) is 0 Å². The van der Waals surface area contributed by atoms with Crippen LogP contribution in [0.25, 0.3) is 0 Å². The lowest BCUT2D eigenvalue weighted by molar-refractivity contribution is -0.143. The van der Waals surface area contributed by atoms with Crippen molar-refractivity contribution in [3.63, 3.8) is 0 Å². The lowest BCUT2D eigenvalue weighted by atomic mass is 9.88. The number of benzene rings is 1. The normalized spacial score (nSPS) is 23.4. The number of carbonyl (C=O) groups is 2. The van der Waals surface area contributed by atoms with E-state index in [4.69, 9.17) is 17.3 Å². The molecule has 1 unspecified atom stereocenters. The van der Waals surface area contributed by atoms with Crippen LogP contribution in [0.2, 0.25) is 5.02 Å². The Morgan fingerprint density at radius 2 is 2.17 bits per heavy atom. The van der Waals surface area contributed by atoms with Crippen molar-refractivity contribution < 1.29 is 9.59 Å². The third-order valence-electron chi connectivity index (χ3n) is 3.50.